The Kier molecular flexibility index (Phi) is 3.89. The van der Waals surface area contributed by atoms with E-state index in [4.69, 9.17) is 4.43 Å². The molecule has 1 aromatic heterocycles. The maximum atomic E-state index is 5.51. The second kappa shape index (κ2) is 4.75. The molecule has 0 spiro atoms. The van der Waals surface area contributed by atoms with Gasteiger partial charge in [0.15, 0.2) is 8.32 Å². The van der Waals surface area contributed by atoms with Crippen molar-refractivity contribution >= 4 is 8.32 Å². The molecule has 14 heavy (non-hydrogen) atoms. The van der Waals surface area contributed by atoms with Crippen LogP contribution in [0.2, 0.25) is 19.1 Å². The van der Waals surface area contributed by atoms with Crippen molar-refractivity contribution in [1.29, 1.82) is 0 Å². The summed E-state index contributed by atoms with van der Waals surface area (Å²) in [7, 11) is 2.54. The molecule has 3 nitrogen and oxygen atoms in total. The molecule has 0 saturated heterocycles. The molecule has 0 N–H and O–H groups in total. The van der Waals surface area contributed by atoms with Crippen molar-refractivity contribution in [3.63, 3.8) is 0 Å². The highest BCUT2D eigenvalue weighted by Crippen LogP contribution is 2.12. The van der Waals surface area contributed by atoms with Crippen LogP contribution in [-0.2, 0) is 18.0 Å². The molecule has 1 aromatic rings. The normalized spacial score (nSPS) is 12.0. The minimum Gasteiger partial charge on any atom is -0.420 e. The minimum atomic E-state index is -1.34. The molecule has 4 heteroatoms. The molecule has 0 radical (unpaired) electrons. The summed E-state index contributed by atoms with van der Waals surface area (Å²) in [5.41, 5.74) is 0. The molecule has 1 rings (SSSR count). The van der Waals surface area contributed by atoms with Gasteiger partial charge in [-0.1, -0.05) is 0 Å². The van der Waals surface area contributed by atoms with Crippen LogP contribution in [0.4, 0.5) is 0 Å². The summed E-state index contributed by atoms with van der Waals surface area (Å²) in [6.45, 7) is 5.63. The quantitative estimate of drug-likeness (QED) is 0.536. The van der Waals surface area contributed by atoms with Gasteiger partial charge in [-0.05, 0) is 25.6 Å². The molecule has 0 saturated carbocycles. The third kappa shape index (κ3) is 3.63. The Morgan fingerprint density at radius 1 is 1.43 bits per heavy atom. The van der Waals surface area contributed by atoms with Crippen LogP contribution in [0.25, 0.3) is 0 Å². The Morgan fingerprint density at radius 2 is 2.14 bits per heavy atom. The Hall–Kier alpha value is -0.613. The molecule has 0 atom stereocenters. The summed E-state index contributed by atoms with van der Waals surface area (Å²) in [4.78, 5) is 0. The molecule has 0 amide bonds. The van der Waals surface area contributed by atoms with E-state index in [1.54, 1.807) is 0 Å². The molecule has 0 fully saturated rings. The Morgan fingerprint density at radius 3 is 2.64 bits per heavy atom. The van der Waals surface area contributed by atoms with E-state index < -0.39 is 8.32 Å². The summed E-state index contributed by atoms with van der Waals surface area (Å²) in [6, 6.07) is 1.23. The van der Waals surface area contributed by atoms with Crippen molar-refractivity contribution < 1.29 is 8.99 Å². The first-order chi connectivity index (χ1) is 6.53. The lowest BCUT2D eigenvalue weighted by molar-refractivity contribution is -0.671. The summed E-state index contributed by atoms with van der Waals surface area (Å²) >= 11 is 0. The third-order valence-corrected chi connectivity index (χ3v) is 5.23. The van der Waals surface area contributed by atoms with Gasteiger partial charge in [0.2, 0.25) is 6.33 Å². The highest BCUT2D eigenvalue weighted by atomic mass is 28.4. The molecule has 0 unspecified atom stereocenters. The largest absolute Gasteiger partial charge is 0.420 e. The lowest BCUT2D eigenvalue weighted by Crippen LogP contribution is -2.28. The average molecular weight is 213 g/mol. The first-order valence-electron chi connectivity index (χ1n) is 5.10. The van der Waals surface area contributed by atoms with E-state index >= 15 is 0 Å². The van der Waals surface area contributed by atoms with Gasteiger partial charge in [0.1, 0.15) is 12.4 Å². The van der Waals surface area contributed by atoms with Crippen LogP contribution < -0.4 is 4.57 Å². The standard InChI is InChI=1S/C10H21N2OSi/c1-11-7-8-12(10-11)6-5-9-14(3,4)13-2/h7-8,10H,5-6,9H2,1-4H3/q+1. The van der Waals surface area contributed by atoms with Crippen molar-refractivity contribution in [2.75, 3.05) is 7.11 Å². The van der Waals surface area contributed by atoms with E-state index in [-0.39, 0.29) is 0 Å². The monoisotopic (exact) mass is 213 g/mol. The Labute approximate surface area is 87.5 Å². The van der Waals surface area contributed by atoms with E-state index in [9.17, 15) is 0 Å². The lowest BCUT2D eigenvalue weighted by Gasteiger charge is -2.18. The van der Waals surface area contributed by atoms with Gasteiger partial charge >= 0.3 is 0 Å². The van der Waals surface area contributed by atoms with Gasteiger partial charge < -0.3 is 4.43 Å². The molecule has 0 aliphatic heterocycles. The minimum absolute atomic E-state index is 1.10. The van der Waals surface area contributed by atoms with E-state index in [1.165, 1.54) is 12.5 Å². The second-order valence-electron chi connectivity index (χ2n) is 4.38. The Bertz CT molecular complexity index is 283. The van der Waals surface area contributed by atoms with Crippen LogP contribution in [-0.4, -0.2) is 20.0 Å². The van der Waals surface area contributed by atoms with Gasteiger partial charge in [-0.15, -0.1) is 0 Å². The van der Waals surface area contributed by atoms with Gasteiger partial charge in [0.25, 0.3) is 0 Å². The van der Waals surface area contributed by atoms with Crippen LogP contribution in [0, 0.1) is 0 Å². The summed E-state index contributed by atoms with van der Waals surface area (Å²) in [5.74, 6) is 0. The van der Waals surface area contributed by atoms with E-state index in [2.05, 4.69) is 40.9 Å². The molecule has 0 aliphatic rings. The number of imidazole rings is 1. The lowest BCUT2D eigenvalue weighted by atomic mass is 10.5. The molecule has 80 valence electrons. The van der Waals surface area contributed by atoms with Crippen LogP contribution >= 0.6 is 0 Å². The van der Waals surface area contributed by atoms with Crippen molar-refractivity contribution in [2.45, 2.75) is 32.1 Å². The molecular formula is C10H21N2OSi+. The van der Waals surface area contributed by atoms with Gasteiger partial charge in [-0.2, -0.15) is 0 Å². The maximum absolute atomic E-state index is 5.51. The number of aromatic nitrogens is 2. The predicted molar refractivity (Wildman–Crippen MR) is 59.5 cm³/mol. The first-order valence-corrected chi connectivity index (χ1v) is 8.21. The van der Waals surface area contributed by atoms with Crippen molar-refractivity contribution in [2.24, 2.45) is 7.05 Å². The van der Waals surface area contributed by atoms with Gasteiger partial charge in [-0.3, -0.25) is 0 Å². The van der Waals surface area contributed by atoms with Gasteiger partial charge in [0.05, 0.1) is 13.6 Å². The van der Waals surface area contributed by atoms with Crippen LogP contribution in [0.15, 0.2) is 18.7 Å². The fourth-order valence-electron chi connectivity index (χ4n) is 1.42. The molecule has 0 aromatic carbocycles. The van der Waals surface area contributed by atoms with Crippen LogP contribution in [0.1, 0.15) is 6.42 Å². The molecule has 1 heterocycles. The first kappa shape index (κ1) is 11.5. The van der Waals surface area contributed by atoms with Gasteiger partial charge in [0, 0.05) is 7.11 Å². The summed E-state index contributed by atoms with van der Waals surface area (Å²) in [5, 5.41) is 0. The number of hydrogen-bond acceptors (Lipinski definition) is 1. The number of aryl methyl sites for hydroxylation is 2. The zero-order valence-corrected chi connectivity index (χ0v) is 10.7. The van der Waals surface area contributed by atoms with Gasteiger partial charge in [-0.25, -0.2) is 9.13 Å². The van der Waals surface area contributed by atoms with Crippen molar-refractivity contribution in [3.05, 3.63) is 18.7 Å². The summed E-state index contributed by atoms with van der Waals surface area (Å²) < 4.78 is 9.80. The topological polar surface area (TPSA) is 18.0 Å². The summed E-state index contributed by atoms with van der Waals surface area (Å²) in [6.07, 6.45) is 7.50. The zero-order valence-electron chi connectivity index (χ0n) is 9.66. The van der Waals surface area contributed by atoms with Crippen molar-refractivity contribution in [1.82, 2.24) is 4.57 Å². The van der Waals surface area contributed by atoms with Crippen LogP contribution in [0.5, 0.6) is 0 Å². The molecular weight excluding hydrogens is 192 g/mol. The number of rotatable bonds is 5. The zero-order chi connectivity index (χ0) is 10.6. The number of nitrogens with zero attached hydrogens (tertiary/aromatic N) is 2. The number of hydrogen-bond donors (Lipinski definition) is 0. The smallest absolute Gasteiger partial charge is 0.243 e. The van der Waals surface area contributed by atoms with E-state index in [0.29, 0.717) is 0 Å². The highest BCUT2D eigenvalue weighted by molar-refractivity contribution is 6.71. The Balaban J connectivity index is 2.28. The maximum Gasteiger partial charge on any atom is 0.243 e. The molecule has 0 bridgehead atoms. The third-order valence-electron chi connectivity index (χ3n) is 2.57. The van der Waals surface area contributed by atoms with Crippen LogP contribution in [0.3, 0.4) is 0 Å². The predicted octanol–water partition coefficient (Wildman–Crippen LogP) is 1.55. The molecule has 0 aliphatic carbocycles. The second-order valence-corrected chi connectivity index (χ2v) is 8.81. The highest BCUT2D eigenvalue weighted by Gasteiger charge is 2.19. The average Bonchev–Trinajstić information content (AvgIpc) is 2.51. The SMILES string of the molecule is CO[Si](C)(C)CCCn1cc[n+](C)c1. The fraction of sp³-hybridized carbons (Fsp3) is 0.700. The van der Waals surface area contributed by atoms with E-state index in [1.807, 2.05) is 14.2 Å². The fourth-order valence-corrected chi connectivity index (χ4v) is 2.64. The van der Waals surface area contributed by atoms with E-state index in [0.717, 1.165) is 6.54 Å². The van der Waals surface area contributed by atoms with Crippen molar-refractivity contribution in [3.8, 4) is 0 Å².